The lowest BCUT2D eigenvalue weighted by molar-refractivity contribution is 0.0918. The van der Waals surface area contributed by atoms with Crippen LogP contribution in [0.25, 0.3) is 0 Å². The van der Waals surface area contributed by atoms with E-state index in [4.69, 9.17) is 4.74 Å². The molecule has 2 aromatic rings. The molecule has 0 radical (unpaired) electrons. The van der Waals surface area contributed by atoms with E-state index in [1.165, 1.54) is 16.4 Å². The molecule has 0 spiro atoms. The summed E-state index contributed by atoms with van der Waals surface area (Å²) < 4.78 is 46.0. The van der Waals surface area contributed by atoms with Crippen molar-refractivity contribution in [1.29, 1.82) is 0 Å². The van der Waals surface area contributed by atoms with Crippen LogP contribution >= 0.6 is 0 Å². The molecule has 27 heavy (non-hydrogen) atoms. The SMILES string of the molecule is COc1ccc(C(=O)C2CCCN2S(=O)(=O)c2ccc(F)cc2C)cc1C. The number of methoxy groups -OCH3 is 1. The number of rotatable bonds is 5. The Morgan fingerprint density at radius 3 is 2.52 bits per heavy atom. The van der Waals surface area contributed by atoms with Crippen LogP contribution in [0.4, 0.5) is 4.39 Å². The maximum Gasteiger partial charge on any atom is 0.244 e. The number of sulfonamides is 1. The van der Waals surface area contributed by atoms with Gasteiger partial charge in [0.2, 0.25) is 10.0 Å². The topological polar surface area (TPSA) is 63.7 Å². The molecule has 1 heterocycles. The highest BCUT2D eigenvalue weighted by Gasteiger charge is 2.40. The lowest BCUT2D eigenvalue weighted by Crippen LogP contribution is -2.40. The van der Waals surface area contributed by atoms with Gasteiger partial charge in [0.25, 0.3) is 0 Å². The van der Waals surface area contributed by atoms with Crippen LogP contribution in [-0.4, -0.2) is 38.2 Å². The number of benzene rings is 2. The van der Waals surface area contributed by atoms with Crippen molar-refractivity contribution in [3.05, 3.63) is 58.9 Å². The number of hydrogen-bond donors (Lipinski definition) is 0. The number of hydrogen-bond acceptors (Lipinski definition) is 4. The molecular weight excluding hydrogens is 369 g/mol. The third kappa shape index (κ3) is 3.61. The van der Waals surface area contributed by atoms with E-state index in [0.29, 0.717) is 29.7 Å². The molecule has 0 N–H and O–H groups in total. The molecule has 5 nitrogen and oxygen atoms in total. The van der Waals surface area contributed by atoms with Crippen molar-refractivity contribution in [1.82, 2.24) is 4.31 Å². The van der Waals surface area contributed by atoms with Gasteiger partial charge in [0.1, 0.15) is 11.6 Å². The minimum atomic E-state index is -3.89. The summed E-state index contributed by atoms with van der Waals surface area (Å²) in [5, 5.41) is 0. The fraction of sp³-hybridized carbons (Fsp3) is 0.350. The normalized spacial score (nSPS) is 17.9. The summed E-state index contributed by atoms with van der Waals surface area (Å²) >= 11 is 0. The first-order valence-corrected chi connectivity index (χ1v) is 10.2. The Hall–Kier alpha value is -2.25. The van der Waals surface area contributed by atoms with Gasteiger partial charge in [-0.05, 0) is 74.2 Å². The predicted octanol–water partition coefficient (Wildman–Crippen LogP) is 3.49. The Bertz CT molecular complexity index is 987. The van der Waals surface area contributed by atoms with Crippen LogP contribution in [-0.2, 0) is 10.0 Å². The van der Waals surface area contributed by atoms with Crippen LogP contribution in [0.3, 0.4) is 0 Å². The lowest BCUT2D eigenvalue weighted by atomic mass is 10.0. The predicted molar refractivity (Wildman–Crippen MR) is 100 cm³/mol. The Kier molecular flexibility index (Phi) is 5.35. The van der Waals surface area contributed by atoms with Gasteiger partial charge in [0, 0.05) is 12.1 Å². The van der Waals surface area contributed by atoms with Crippen molar-refractivity contribution in [2.45, 2.75) is 37.6 Å². The molecule has 0 aromatic heterocycles. The summed E-state index contributed by atoms with van der Waals surface area (Å²) in [6.07, 6.45) is 1.06. The summed E-state index contributed by atoms with van der Waals surface area (Å²) in [5.41, 5.74) is 1.59. The van der Waals surface area contributed by atoms with Crippen molar-refractivity contribution in [3.63, 3.8) is 0 Å². The average molecular weight is 391 g/mol. The summed E-state index contributed by atoms with van der Waals surface area (Å²) in [6, 6.07) is 7.89. The lowest BCUT2D eigenvalue weighted by Gasteiger charge is -2.24. The fourth-order valence-electron chi connectivity index (χ4n) is 3.54. The Morgan fingerprint density at radius 1 is 1.15 bits per heavy atom. The molecule has 2 aromatic carbocycles. The molecule has 0 amide bonds. The zero-order valence-electron chi connectivity index (χ0n) is 15.5. The summed E-state index contributed by atoms with van der Waals surface area (Å²) in [5.74, 6) is -0.0554. The van der Waals surface area contributed by atoms with Crippen molar-refractivity contribution in [2.75, 3.05) is 13.7 Å². The summed E-state index contributed by atoms with van der Waals surface area (Å²) in [6.45, 7) is 3.65. The Balaban J connectivity index is 1.95. The molecule has 0 aliphatic carbocycles. The van der Waals surface area contributed by atoms with Gasteiger partial charge in [-0.1, -0.05) is 0 Å². The van der Waals surface area contributed by atoms with E-state index < -0.39 is 21.9 Å². The van der Waals surface area contributed by atoms with Crippen LogP contribution in [0.15, 0.2) is 41.3 Å². The van der Waals surface area contributed by atoms with Crippen LogP contribution in [0, 0.1) is 19.7 Å². The average Bonchev–Trinajstić information content (AvgIpc) is 3.11. The maximum absolute atomic E-state index is 13.4. The van der Waals surface area contributed by atoms with Gasteiger partial charge >= 0.3 is 0 Å². The van der Waals surface area contributed by atoms with E-state index in [1.807, 2.05) is 6.92 Å². The Labute approximate surface area is 158 Å². The third-order valence-corrected chi connectivity index (χ3v) is 6.98. The van der Waals surface area contributed by atoms with E-state index in [2.05, 4.69) is 0 Å². The van der Waals surface area contributed by atoms with Crippen molar-refractivity contribution >= 4 is 15.8 Å². The zero-order valence-corrected chi connectivity index (χ0v) is 16.3. The van der Waals surface area contributed by atoms with E-state index in [-0.39, 0.29) is 17.2 Å². The Morgan fingerprint density at radius 2 is 1.89 bits per heavy atom. The molecule has 1 saturated heterocycles. The molecule has 0 bridgehead atoms. The van der Waals surface area contributed by atoms with Gasteiger partial charge in [-0.25, -0.2) is 12.8 Å². The largest absolute Gasteiger partial charge is 0.496 e. The van der Waals surface area contributed by atoms with Crippen molar-refractivity contribution in [2.24, 2.45) is 0 Å². The minimum absolute atomic E-state index is 0.0366. The van der Waals surface area contributed by atoms with Crippen LogP contribution < -0.4 is 4.74 Å². The molecule has 0 saturated carbocycles. The highest BCUT2D eigenvalue weighted by atomic mass is 32.2. The first-order chi connectivity index (χ1) is 12.8. The number of carbonyl (C=O) groups excluding carboxylic acids is 1. The maximum atomic E-state index is 13.4. The molecule has 3 rings (SSSR count). The molecule has 1 aliphatic heterocycles. The van der Waals surface area contributed by atoms with E-state index in [1.54, 1.807) is 32.2 Å². The number of ketones is 1. The van der Waals surface area contributed by atoms with E-state index >= 15 is 0 Å². The van der Waals surface area contributed by atoms with Gasteiger partial charge in [-0.15, -0.1) is 0 Å². The van der Waals surface area contributed by atoms with Gasteiger partial charge in [0.15, 0.2) is 5.78 Å². The number of nitrogens with zero attached hydrogens (tertiary/aromatic N) is 1. The van der Waals surface area contributed by atoms with E-state index in [9.17, 15) is 17.6 Å². The van der Waals surface area contributed by atoms with Gasteiger partial charge < -0.3 is 4.74 Å². The van der Waals surface area contributed by atoms with Crippen molar-refractivity contribution in [3.8, 4) is 5.75 Å². The number of ether oxygens (including phenoxy) is 1. The van der Waals surface area contributed by atoms with Gasteiger partial charge in [-0.3, -0.25) is 4.79 Å². The van der Waals surface area contributed by atoms with Gasteiger partial charge in [-0.2, -0.15) is 4.31 Å². The standard InChI is InChI=1S/C20H22FNO4S/c1-13-11-15(6-8-18(13)26-3)20(23)17-5-4-10-22(17)27(24,25)19-9-7-16(21)12-14(19)2/h6-9,11-12,17H,4-5,10H2,1-3H3. The van der Waals surface area contributed by atoms with Crippen LogP contribution in [0.5, 0.6) is 5.75 Å². The number of halogens is 1. The summed E-state index contributed by atoms with van der Waals surface area (Å²) in [4.78, 5) is 13.1. The highest BCUT2D eigenvalue weighted by Crippen LogP contribution is 2.30. The van der Waals surface area contributed by atoms with Crippen molar-refractivity contribution < 1.29 is 22.3 Å². The van der Waals surface area contributed by atoms with Crippen LogP contribution in [0.1, 0.15) is 34.3 Å². The quantitative estimate of drug-likeness (QED) is 0.732. The number of carbonyl (C=O) groups is 1. The number of aryl methyl sites for hydroxylation is 2. The fourth-order valence-corrected chi connectivity index (χ4v) is 5.41. The molecule has 1 aliphatic rings. The zero-order chi connectivity index (χ0) is 19.8. The molecular formula is C20H22FNO4S. The number of Topliss-reactive ketones (excluding diaryl/α,β-unsaturated/α-hetero) is 1. The van der Waals surface area contributed by atoms with E-state index in [0.717, 1.165) is 11.6 Å². The summed E-state index contributed by atoms with van der Waals surface area (Å²) in [7, 11) is -2.33. The first kappa shape index (κ1) is 19.5. The monoisotopic (exact) mass is 391 g/mol. The molecule has 1 atom stereocenters. The first-order valence-electron chi connectivity index (χ1n) is 8.72. The second kappa shape index (κ2) is 7.40. The van der Waals surface area contributed by atoms with Crippen LogP contribution in [0.2, 0.25) is 0 Å². The molecule has 144 valence electrons. The second-order valence-electron chi connectivity index (χ2n) is 6.73. The molecule has 7 heteroatoms. The third-order valence-electron chi connectivity index (χ3n) is 4.91. The smallest absolute Gasteiger partial charge is 0.244 e. The molecule has 1 unspecified atom stereocenters. The molecule has 1 fully saturated rings. The second-order valence-corrected chi connectivity index (χ2v) is 8.59. The highest BCUT2D eigenvalue weighted by molar-refractivity contribution is 7.89. The van der Waals surface area contributed by atoms with Gasteiger partial charge in [0.05, 0.1) is 18.0 Å². The minimum Gasteiger partial charge on any atom is -0.496 e.